The van der Waals surface area contributed by atoms with E-state index < -0.39 is 11.7 Å². The van der Waals surface area contributed by atoms with Gasteiger partial charge in [-0.2, -0.15) is 4.99 Å². The molecule has 0 atom stereocenters. The van der Waals surface area contributed by atoms with Gasteiger partial charge in [-0.15, -0.1) is 6.42 Å². The van der Waals surface area contributed by atoms with E-state index in [4.69, 9.17) is 10.9 Å². The van der Waals surface area contributed by atoms with Crippen LogP contribution in [0, 0.1) is 18.2 Å². The zero-order chi connectivity index (χ0) is 14.8. The molecule has 0 N–H and O–H groups in total. The Bertz CT molecular complexity index is 916. The van der Waals surface area contributed by atoms with Crippen molar-refractivity contribution >= 4 is 27.5 Å². The van der Waals surface area contributed by atoms with Crippen LogP contribution in [0.4, 0.5) is 4.39 Å². The number of thiazole rings is 1. The van der Waals surface area contributed by atoms with Gasteiger partial charge in [0.15, 0.2) is 4.80 Å². The molecule has 104 valence electrons. The number of rotatable bonds is 2. The lowest BCUT2D eigenvalue weighted by Gasteiger charge is -2.00. The lowest BCUT2D eigenvalue weighted by Crippen LogP contribution is -2.16. The predicted molar refractivity (Wildman–Crippen MR) is 75.0 cm³/mol. The second-order valence-corrected chi connectivity index (χ2v) is 5.06. The first-order valence-corrected chi connectivity index (χ1v) is 6.73. The van der Waals surface area contributed by atoms with Crippen molar-refractivity contribution in [3.05, 3.63) is 46.8 Å². The standard InChI is InChI=1S/C14H8FN3O2S/c1-2-8-18-12-9(15)4-3-5-11(12)21-14(18)17-13(19)10-6-7-16-20-10/h1,3-7H,8H2. The van der Waals surface area contributed by atoms with Crippen LogP contribution in [0.5, 0.6) is 0 Å². The average molecular weight is 301 g/mol. The van der Waals surface area contributed by atoms with Gasteiger partial charge in [-0.05, 0) is 12.1 Å². The van der Waals surface area contributed by atoms with Crippen molar-refractivity contribution in [1.29, 1.82) is 0 Å². The van der Waals surface area contributed by atoms with Crippen LogP contribution < -0.4 is 4.80 Å². The molecule has 2 heterocycles. The number of halogens is 1. The fraction of sp³-hybridized carbons (Fsp3) is 0.0714. The quantitative estimate of drug-likeness (QED) is 0.682. The summed E-state index contributed by atoms with van der Waals surface area (Å²) in [6, 6.07) is 6.08. The highest BCUT2D eigenvalue weighted by atomic mass is 32.1. The molecule has 21 heavy (non-hydrogen) atoms. The van der Waals surface area contributed by atoms with Crippen molar-refractivity contribution in [3.63, 3.8) is 0 Å². The van der Waals surface area contributed by atoms with Crippen molar-refractivity contribution in [1.82, 2.24) is 9.72 Å². The molecule has 7 heteroatoms. The first-order valence-electron chi connectivity index (χ1n) is 5.92. The molecule has 0 aliphatic heterocycles. The minimum atomic E-state index is -0.592. The molecule has 0 spiro atoms. The second kappa shape index (κ2) is 5.34. The molecule has 0 saturated heterocycles. The predicted octanol–water partition coefficient (Wildman–Crippen LogP) is 2.20. The van der Waals surface area contributed by atoms with Crippen LogP contribution in [0.2, 0.25) is 0 Å². The number of para-hydroxylation sites is 1. The van der Waals surface area contributed by atoms with Crippen molar-refractivity contribution in [2.75, 3.05) is 0 Å². The highest BCUT2D eigenvalue weighted by molar-refractivity contribution is 7.16. The summed E-state index contributed by atoms with van der Waals surface area (Å²) < 4.78 is 20.9. The second-order valence-electron chi connectivity index (χ2n) is 4.06. The number of aromatic nitrogens is 2. The van der Waals surface area contributed by atoms with Crippen LogP contribution >= 0.6 is 11.3 Å². The van der Waals surface area contributed by atoms with Crippen LogP contribution in [-0.4, -0.2) is 15.6 Å². The molecule has 1 amide bonds. The van der Waals surface area contributed by atoms with E-state index >= 15 is 0 Å². The zero-order valence-corrected chi connectivity index (χ0v) is 11.4. The monoisotopic (exact) mass is 301 g/mol. The number of amides is 1. The van der Waals surface area contributed by atoms with Gasteiger partial charge in [0.05, 0.1) is 23.0 Å². The number of nitrogens with zero attached hydrogens (tertiary/aromatic N) is 3. The van der Waals surface area contributed by atoms with Gasteiger partial charge >= 0.3 is 5.91 Å². The Labute approximate surface area is 122 Å². The average Bonchev–Trinajstić information content (AvgIpc) is 3.09. The molecule has 2 aromatic heterocycles. The van der Waals surface area contributed by atoms with Gasteiger partial charge in [-0.1, -0.05) is 28.5 Å². The minimum absolute atomic E-state index is 0.0141. The Morgan fingerprint density at radius 3 is 3.10 bits per heavy atom. The molecule has 3 aromatic rings. The summed E-state index contributed by atoms with van der Waals surface area (Å²) in [7, 11) is 0. The van der Waals surface area contributed by atoms with Gasteiger partial charge in [0.2, 0.25) is 5.76 Å². The van der Waals surface area contributed by atoms with Crippen LogP contribution in [0.3, 0.4) is 0 Å². The zero-order valence-electron chi connectivity index (χ0n) is 10.6. The topological polar surface area (TPSA) is 60.4 Å². The Kier molecular flexibility index (Phi) is 3.38. The minimum Gasteiger partial charge on any atom is -0.351 e. The molecule has 0 aliphatic rings. The number of carbonyl (C=O) groups is 1. The molecule has 0 unspecified atom stereocenters. The Morgan fingerprint density at radius 2 is 2.38 bits per heavy atom. The Hall–Kier alpha value is -2.72. The van der Waals surface area contributed by atoms with Gasteiger partial charge < -0.3 is 9.09 Å². The van der Waals surface area contributed by atoms with E-state index in [1.165, 1.54) is 34.2 Å². The van der Waals surface area contributed by atoms with E-state index in [1.54, 1.807) is 12.1 Å². The molecule has 0 saturated carbocycles. The normalized spacial score (nSPS) is 11.7. The summed E-state index contributed by atoms with van der Waals surface area (Å²) in [6.45, 7) is 0.115. The van der Waals surface area contributed by atoms with E-state index in [0.29, 0.717) is 15.0 Å². The Balaban J connectivity index is 2.23. The SMILES string of the molecule is C#CCn1c(=NC(=O)c2ccno2)sc2cccc(F)c21. The third kappa shape index (κ3) is 2.37. The van der Waals surface area contributed by atoms with Gasteiger partial charge in [0, 0.05) is 6.07 Å². The molecular formula is C14H8FN3O2S. The first kappa shape index (κ1) is 13.3. The van der Waals surface area contributed by atoms with Crippen LogP contribution in [0.25, 0.3) is 10.2 Å². The fourth-order valence-electron chi connectivity index (χ4n) is 1.88. The number of terminal acetylenes is 1. The highest BCUT2D eigenvalue weighted by Crippen LogP contribution is 2.20. The molecule has 0 fully saturated rings. The number of hydrogen-bond donors (Lipinski definition) is 0. The number of hydrogen-bond acceptors (Lipinski definition) is 4. The molecule has 0 aliphatic carbocycles. The lowest BCUT2D eigenvalue weighted by molar-refractivity contribution is 0.0962. The summed E-state index contributed by atoms with van der Waals surface area (Å²) in [6.07, 6.45) is 6.66. The maximum absolute atomic E-state index is 14.0. The van der Waals surface area contributed by atoms with Crippen LogP contribution in [-0.2, 0) is 6.54 Å². The van der Waals surface area contributed by atoms with Gasteiger partial charge in [0.25, 0.3) is 0 Å². The van der Waals surface area contributed by atoms with Crippen LogP contribution in [0.1, 0.15) is 10.6 Å². The lowest BCUT2D eigenvalue weighted by atomic mass is 10.3. The fourth-order valence-corrected chi connectivity index (χ4v) is 2.92. The Morgan fingerprint density at radius 1 is 1.52 bits per heavy atom. The van der Waals surface area contributed by atoms with Gasteiger partial charge in [0.1, 0.15) is 5.82 Å². The van der Waals surface area contributed by atoms with Crippen molar-refractivity contribution in [3.8, 4) is 12.3 Å². The molecular weight excluding hydrogens is 293 g/mol. The van der Waals surface area contributed by atoms with Crippen molar-refractivity contribution < 1.29 is 13.7 Å². The number of benzene rings is 1. The van der Waals surface area contributed by atoms with Crippen LogP contribution in [0.15, 0.2) is 40.0 Å². The van der Waals surface area contributed by atoms with E-state index in [-0.39, 0.29) is 12.3 Å². The summed E-state index contributed by atoms with van der Waals surface area (Å²) in [5, 5.41) is 3.45. The molecule has 0 radical (unpaired) electrons. The molecule has 0 bridgehead atoms. The summed E-state index contributed by atoms with van der Waals surface area (Å²) in [4.78, 5) is 16.2. The largest absolute Gasteiger partial charge is 0.351 e. The summed E-state index contributed by atoms with van der Waals surface area (Å²) in [5.74, 6) is 1.45. The third-order valence-corrected chi connectivity index (χ3v) is 3.79. The van der Waals surface area contributed by atoms with E-state index in [0.717, 1.165) is 0 Å². The highest BCUT2D eigenvalue weighted by Gasteiger charge is 2.13. The molecule has 1 aromatic carbocycles. The third-order valence-electron chi connectivity index (χ3n) is 2.75. The first-order chi connectivity index (χ1) is 10.2. The van der Waals surface area contributed by atoms with E-state index in [1.807, 2.05) is 0 Å². The number of fused-ring (bicyclic) bond motifs is 1. The van der Waals surface area contributed by atoms with Gasteiger partial charge in [-0.25, -0.2) is 4.39 Å². The number of carbonyl (C=O) groups excluding carboxylic acids is 1. The molecule has 3 rings (SSSR count). The van der Waals surface area contributed by atoms with E-state index in [2.05, 4.69) is 16.1 Å². The summed E-state index contributed by atoms with van der Waals surface area (Å²) in [5.41, 5.74) is 0.338. The van der Waals surface area contributed by atoms with Crippen molar-refractivity contribution in [2.45, 2.75) is 6.54 Å². The summed E-state index contributed by atoms with van der Waals surface area (Å²) >= 11 is 1.18. The van der Waals surface area contributed by atoms with E-state index in [9.17, 15) is 9.18 Å². The smallest absolute Gasteiger partial charge is 0.318 e. The maximum Gasteiger partial charge on any atom is 0.318 e. The van der Waals surface area contributed by atoms with Gasteiger partial charge in [-0.3, -0.25) is 4.79 Å². The maximum atomic E-state index is 14.0. The molecule has 5 nitrogen and oxygen atoms in total. The van der Waals surface area contributed by atoms with Crippen molar-refractivity contribution in [2.24, 2.45) is 4.99 Å².